The summed E-state index contributed by atoms with van der Waals surface area (Å²) in [5.41, 5.74) is 4.01. The van der Waals surface area contributed by atoms with E-state index >= 15 is 0 Å². The van der Waals surface area contributed by atoms with Gasteiger partial charge in [-0.25, -0.2) is 0 Å². The van der Waals surface area contributed by atoms with Crippen molar-refractivity contribution in [1.29, 1.82) is 0 Å². The zero-order valence-corrected chi connectivity index (χ0v) is 7.83. The first-order valence-corrected chi connectivity index (χ1v) is 4.72. The second-order valence-corrected chi connectivity index (χ2v) is 3.60. The molecule has 0 aromatic heterocycles. The van der Waals surface area contributed by atoms with Gasteiger partial charge in [-0.15, -0.1) is 0 Å². The molecule has 1 atom stereocenters. The molecule has 0 heterocycles. The summed E-state index contributed by atoms with van der Waals surface area (Å²) in [6.45, 7) is 2.30. The normalized spacial score (nSPS) is 16.6. The molecule has 2 rings (SSSR count). The minimum Gasteiger partial charge on any atom is -0.396 e. The van der Waals surface area contributed by atoms with Gasteiger partial charge in [-0.1, -0.05) is 37.3 Å². The molecule has 13 heavy (non-hydrogen) atoms. The Kier molecular flexibility index (Phi) is 2.19. The van der Waals surface area contributed by atoms with Crippen molar-refractivity contribution in [1.82, 2.24) is 0 Å². The van der Waals surface area contributed by atoms with E-state index in [-0.39, 0.29) is 12.5 Å². The second-order valence-electron chi connectivity index (χ2n) is 3.60. The lowest BCUT2D eigenvalue weighted by Gasteiger charge is -2.11. The van der Waals surface area contributed by atoms with Crippen LogP contribution in [0.1, 0.15) is 18.1 Å². The molecule has 0 saturated heterocycles. The lowest BCUT2D eigenvalue weighted by Crippen LogP contribution is -2.02. The van der Waals surface area contributed by atoms with Crippen LogP contribution in [0.5, 0.6) is 0 Å². The number of allylic oxidation sites excluding steroid dienone is 1. The molecule has 0 saturated carbocycles. The lowest BCUT2D eigenvalue weighted by atomic mass is 9.96. The Labute approximate surface area is 78.7 Å². The molecular formula is C12H14O. The highest BCUT2D eigenvalue weighted by Crippen LogP contribution is 2.32. The molecule has 68 valence electrons. The van der Waals surface area contributed by atoms with Crippen LogP contribution in [-0.2, 0) is 6.42 Å². The molecule has 1 aromatic carbocycles. The van der Waals surface area contributed by atoms with Crippen LogP contribution in [0.3, 0.4) is 0 Å². The zero-order chi connectivity index (χ0) is 9.26. The average molecular weight is 174 g/mol. The maximum atomic E-state index is 9.08. The van der Waals surface area contributed by atoms with Crippen molar-refractivity contribution in [3.05, 3.63) is 41.5 Å². The van der Waals surface area contributed by atoms with Gasteiger partial charge < -0.3 is 5.11 Å². The molecule has 1 aromatic rings. The van der Waals surface area contributed by atoms with Crippen molar-refractivity contribution < 1.29 is 5.11 Å². The molecule has 1 N–H and O–H groups in total. The lowest BCUT2D eigenvalue weighted by molar-refractivity contribution is 0.266. The maximum absolute atomic E-state index is 9.08. The van der Waals surface area contributed by atoms with Crippen molar-refractivity contribution in [2.75, 3.05) is 6.61 Å². The predicted octanol–water partition coefficient (Wildman–Crippen LogP) is 2.25. The quantitative estimate of drug-likeness (QED) is 0.729. The molecule has 0 amide bonds. The van der Waals surface area contributed by atoms with Gasteiger partial charge in [-0.3, -0.25) is 0 Å². The molecular weight excluding hydrogens is 160 g/mol. The van der Waals surface area contributed by atoms with Crippen molar-refractivity contribution in [2.24, 2.45) is 5.92 Å². The van der Waals surface area contributed by atoms with Crippen molar-refractivity contribution >= 4 is 5.57 Å². The highest BCUT2D eigenvalue weighted by atomic mass is 16.3. The van der Waals surface area contributed by atoms with Crippen LogP contribution in [0.15, 0.2) is 30.3 Å². The van der Waals surface area contributed by atoms with Crippen molar-refractivity contribution in [2.45, 2.75) is 13.3 Å². The minimum absolute atomic E-state index is 0.236. The highest BCUT2D eigenvalue weighted by molar-refractivity contribution is 5.74. The van der Waals surface area contributed by atoms with Gasteiger partial charge in [0.05, 0.1) is 0 Å². The minimum atomic E-state index is 0.236. The van der Waals surface area contributed by atoms with E-state index in [1.807, 2.05) is 0 Å². The first kappa shape index (κ1) is 8.52. The number of hydrogen-bond acceptors (Lipinski definition) is 1. The molecule has 1 nitrogen and oxygen atoms in total. The number of hydrogen-bond donors (Lipinski definition) is 1. The van der Waals surface area contributed by atoms with Crippen LogP contribution in [0.25, 0.3) is 5.57 Å². The van der Waals surface area contributed by atoms with Crippen LogP contribution < -0.4 is 0 Å². The van der Waals surface area contributed by atoms with Crippen molar-refractivity contribution in [3.63, 3.8) is 0 Å². The summed E-state index contributed by atoms with van der Waals surface area (Å²) >= 11 is 0. The monoisotopic (exact) mass is 174 g/mol. The summed E-state index contributed by atoms with van der Waals surface area (Å²) in [6, 6.07) is 8.42. The number of fused-ring (bicyclic) bond motifs is 1. The molecule has 0 fully saturated rings. The fourth-order valence-corrected chi connectivity index (χ4v) is 1.87. The van der Waals surface area contributed by atoms with Crippen LogP contribution >= 0.6 is 0 Å². The number of aliphatic hydroxyl groups is 1. The molecule has 1 aliphatic rings. The Balaban J connectivity index is 2.36. The molecule has 0 spiro atoms. The van der Waals surface area contributed by atoms with E-state index in [0.29, 0.717) is 0 Å². The van der Waals surface area contributed by atoms with Crippen LogP contribution in [0.2, 0.25) is 0 Å². The molecule has 1 heteroatoms. The first-order chi connectivity index (χ1) is 6.33. The summed E-state index contributed by atoms with van der Waals surface area (Å²) in [4.78, 5) is 0. The van der Waals surface area contributed by atoms with Gasteiger partial charge in [0.1, 0.15) is 0 Å². The zero-order valence-electron chi connectivity index (χ0n) is 7.83. The van der Waals surface area contributed by atoms with Crippen LogP contribution in [-0.4, -0.2) is 11.7 Å². The third-order valence-electron chi connectivity index (χ3n) is 2.68. The largest absolute Gasteiger partial charge is 0.396 e. The van der Waals surface area contributed by atoms with E-state index in [9.17, 15) is 0 Å². The maximum Gasteiger partial charge on any atom is 0.0497 e. The van der Waals surface area contributed by atoms with Gasteiger partial charge in [0.2, 0.25) is 0 Å². The Morgan fingerprint density at radius 2 is 2.15 bits per heavy atom. The Morgan fingerprint density at radius 1 is 1.38 bits per heavy atom. The topological polar surface area (TPSA) is 20.2 Å². The number of benzene rings is 1. The number of rotatable bonds is 2. The van der Waals surface area contributed by atoms with E-state index in [1.165, 1.54) is 16.7 Å². The summed E-state index contributed by atoms with van der Waals surface area (Å²) in [5, 5.41) is 9.08. The van der Waals surface area contributed by atoms with Gasteiger partial charge in [0.25, 0.3) is 0 Å². The Bertz CT molecular complexity index is 339. The summed E-state index contributed by atoms with van der Waals surface area (Å²) < 4.78 is 0. The van der Waals surface area contributed by atoms with Gasteiger partial charge >= 0.3 is 0 Å². The molecule has 1 unspecified atom stereocenters. The van der Waals surface area contributed by atoms with E-state index in [4.69, 9.17) is 5.11 Å². The SMILES string of the molecule is CC(CO)C1=CCc2ccccc21. The summed E-state index contributed by atoms with van der Waals surface area (Å²) in [6.07, 6.45) is 3.25. The molecule has 0 radical (unpaired) electrons. The Morgan fingerprint density at radius 3 is 2.92 bits per heavy atom. The summed E-state index contributed by atoms with van der Waals surface area (Å²) in [7, 11) is 0. The van der Waals surface area contributed by atoms with Gasteiger partial charge in [-0.05, 0) is 23.1 Å². The third-order valence-corrected chi connectivity index (χ3v) is 2.68. The molecule has 0 aliphatic heterocycles. The molecule has 1 aliphatic carbocycles. The van der Waals surface area contributed by atoms with Crippen molar-refractivity contribution in [3.8, 4) is 0 Å². The van der Waals surface area contributed by atoms with Gasteiger partial charge in [0.15, 0.2) is 0 Å². The van der Waals surface area contributed by atoms with Crippen LogP contribution in [0.4, 0.5) is 0 Å². The Hall–Kier alpha value is -1.08. The van der Waals surface area contributed by atoms with E-state index in [0.717, 1.165) is 6.42 Å². The summed E-state index contributed by atoms with van der Waals surface area (Å²) in [5.74, 6) is 0.267. The van der Waals surface area contributed by atoms with Gasteiger partial charge in [0, 0.05) is 12.5 Å². The smallest absolute Gasteiger partial charge is 0.0497 e. The standard InChI is InChI=1S/C12H14O/c1-9(8-13)11-7-6-10-4-2-3-5-12(10)11/h2-5,7,9,13H,6,8H2,1H3. The number of aliphatic hydroxyl groups excluding tert-OH is 1. The molecule has 0 bridgehead atoms. The van der Waals surface area contributed by atoms with E-state index in [2.05, 4.69) is 37.3 Å². The predicted molar refractivity (Wildman–Crippen MR) is 54.4 cm³/mol. The van der Waals surface area contributed by atoms with Gasteiger partial charge in [-0.2, -0.15) is 0 Å². The van der Waals surface area contributed by atoms with E-state index < -0.39 is 0 Å². The third kappa shape index (κ3) is 1.40. The van der Waals surface area contributed by atoms with Crippen LogP contribution in [0, 0.1) is 5.92 Å². The fourth-order valence-electron chi connectivity index (χ4n) is 1.87. The van der Waals surface area contributed by atoms with E-state index in [1.54, 1.807) is 0 Å². The fraction of sp³-hybridized carbons (Fsp3) is 0.333. The second kappa shape index (κ2) is 3.35. The first-order valence-electron chi connectivity index (χ1n) is 4.72. The average Bonchev–Trinajstić information content (AvgIpc) is 2.60. The highest BCUT2D eigenvalue weighted by Gasteiger charge is 2.17.